The third-order valence-corrected chi connectivity index (χ3v) is 3.22. The first-order valence-corrected chi connectivity index (χ1v) is 7.59. The van der Waals surface area contributed by atoms with Crippen LogP contribution in [0.25, 0.3) is 0 Å². The number of aromatic nitrogens is 3. The predicted octanol–water partition coefficient (Wildman–Crippen LogP) is 1.54. The number of halogens is 1. The molecule has 128 valence electrons. The SMILES string of the molecule is CCOC(=O)C[C@@H](C)NC(=O)c1cn(Cc2ccccc2F)nn1. The van der Waals surface area contributed by atoms with E-state index in [0.717, 1.165) is 0 Å². The fourth-order valence-electron chi connectivity index (χ4n) is 2.10. The molecule has 0 saturated heterocycles. The molecule has 1 amide bonds. The van der Waals surface area contributed by atoms with Crippen molar-refractivity contribution in [1.29, 1.82) is 0 Å². The van der Waals surface area contributed by atoms with Crippen molar-refractivity contribution < 1.29 is 18.7 Å². The molecule has 2 aromatic rings. The average Bonchev–Trinajstić information content (AvgIpc) is 2.98. The summed E-state index contributed by atoms with van der Waals surface area (Å²) < 4.78 is 19.8. The van der Waals surface area contributed by atoms with Gasteiger partial charge in [0.1, 0.15) is 5.82 Å². The molecule has 1 aromatic heterocycles. The van der Waals surface area contributed by atoms with E-state index < -0.39 is 11.9 Å². The summed E-state index contributed by atoms with van der Waals surface area (Å²) >= 11 is 0. The fourth-order valence-corrected chi connectivity index (χ4v) is 2.10. The Morgan fingerprint density at radius 2 is 2.12 bits per heavy atom. The molecule has 24 heavy (non-hydrogen) atoms. The van der Waals surface area contributed by atoms with Gasteiger partial charge in [-0.05, 0) is 19.9 Å². The third kappa shape index (κ3) is 4.87. The third-order valence-electron chi connectivity index (χ3n) is 3.22. The second-order valence-corrected chi connectivity index (χ2v) is 5.28. The van der Waals surface area contributed by atoms with Crippen molar-refractivity contribution in [2.24, 2.45) is 0 Å². The molecule has 1 N–H and O–H groups in total. The molecular formula is C16H19FN4O3. The second-order valence-electron chi connectivity index (χ2n) is 5.28. The van der Waals surface area contributed by atoms with E-state index in [-0.39, 0.29) is 30.4 Å². The summed E-state index contributed by atoms with van der Waals surface area (Å²) in [5, 5.41) is 10.2. The Morgan fingerprint density at radius 1 is 1.38 bits per heavy atom. The molecule has 2 rings (SSSR count). The van der Waals surface area contributed by atoms with Gasteiger partial charge in [-0.25, -0.2) is 9.07 Å². The normalized spacial score (nSPS) is 11.8. The Labute approximate surface area is 138 Å². The maximum Gasteiger partial charge on any atom is 0.307 e. The average molecular weight is 334 g/mol. The van der Waals surface area contributed by atoms with Crippen LogP contribution in [0.4, 0.5) is 4.39 Å². The summed E-state index contributed by atoms with van der Waals surface area (Å²) in [5.74, 6) is -1.18. The second kappa shape index (κ2) is 8.19. The van der Waals surface area contributed by atoms with Crippen molar-refractivity contribution in [2.75, 3.05) is 6.61 Å². The highest BCUT2D eigenvalue weighted by molar-refractivity contribution is 5.92. The standard InChI is InChI=1S/C16H19FN4O3/c1-3-24-15(22)8-11(2)18-16(23)14-10-21(20-19-14)9-12-6-4-5-7-13(12)17/h4-7,10-11H,3,8-9H2,1-2H3,(H,18,23)/t11-/m1/s1. The number of nitrogens with one attached hydrogen (secondary N) is 1. The van der Waals surface area contributed by atoms with Crippen molar-refractivity contribution in [3.8, 4) is 0 Å². The van der Waals surface area contributed by atoms with E-state index in [2.05, 4.69) is 15.6 Å². The number of amides is 1. The summed E-state index contributed by atoms with van der Waals surface area (Å²) in [4.78, 5) is 23.4. The number of carbonyl (C=O) groups is 2. The van der Waals surface area contributed by atoms with Crippen LogP contribution in [0.5, 0.6) is 0 Å². The van der Waals surface area contributed by atoms with Gasteiger partial charge >= 0.3 is 5.97 Å². The molecule has 0 unspecified atom stereocenters. The number of nitrogens with zero attached hydrogens (tertiary/aromatic N) is 3. The Bertz CT molecular complexity index is 717. The zero-order valence-corrected chi connectivity index (χ0v) is 13.5. The highest BCUT2D eigenvalue weighted by Gasteiger charge is 2.16. The minimum Gasteiger partial charge on any atom is -0.466 e. The zero-order chi connectivity index (χ0) is 17.5. The lowest BCUT2D eigenvalue weighted by molar-refractivity contribution is -0.143. The minimum absolute atomic E-state index is 0.0724. The molecule has 0 bridgehead atoms. The van der Waals surface area contributed by atoms with Crippen LogP contribution < -0.4 is 5.32 Å². The molecule has 0 radical (unpaired) electrons. The first-order chi connectivity index (χ1) is 11.5. The number of benzene rings is 1. The highest BCUT2D eigenvalue weighted by Crippen LogP contribution is 2.08. The largest absolute Gasteiger partial charge is 0.466 e. The summed E-state index contributed by atoms with van der Waals surface area (Å²) in [5.41, 5.74) is 0.548. The fraction of sp³-hybridized carbons (Fsp3) is 0.375. The van der Waals surface area contributed by atoms with Crippen molar-refractivity contribution in [3.63, 3.8) is 0 Å². The summed E-state index contributed by atoms with van der Waals surface area (Å²) in [6, 6.07) is 5.92. The quantitative estimate of drug-likeness (QED) is 0.776. The molecule has 1 aromatic carbocycles. The molecule has 0 saturated carbocycles. The molecule has 1 heterocycles. The monoisotopic (exact) mass is 334 g/mol. The van der Waals surface area contributed by atoms with Crippen LogP contribution in [0, 0.1) is 5.82 Å². The van der Waals surface area contributed by atoms with Crippen LogP contribution in [-0.2, 0) is 16.1 Å². The van der Waals surface area contributed by atoms with Gasteiger partial charge in [0, 0.05) is 11.6 Å². The lowest BCUT2D eigenvalue weighted by Gasteiger charge is -2.11. The van der Waals surface area contributed by atoms with Gasteiger partial charge in [0.05, 0.1) is 25.8 Å². The van der Waals surface area contributed by atoms with Crippen LogP contribution >= 0.6 is 0 Å². The number of esters is 1. The van der Waals surface area contributed by atoms with Gasteiger partial charge in [0.15, 0.2) is 5.69 Å². The molecule has 7 nitrogen and oxygen atoms in total. The molecule has 0 aliphatic rings. The van der Waals surface area contributed by atoms with Crippen molar-refractivity contribution in [1.82, 2.24) is 20.3 Å². The Hall–Kier alpha value is -2.77. The highest BCUT2D eigenvalue weighted by atomic mass is 19.1. The van der Waals surface area contributed by atoms with E-state index in [1.165, 1.54) is 16.9 Å². The Morgan fingerprint density at radius 3 is 2.83 bits per heavy atom. The van der Waals surface area contributed by atoms with E-state index in [4.69, 9.17) is 4.74 Å². The number of rotatable bonds is 7. The number of hydrogen-bond acceptors (Lipinski definition) is 5. The van der Waals surface area contributed by atoms with E-state index in [0.29, 0.717) is 12.2 Å². The van der Waals surface area contributed by atoms with Crippen LogP contribution in [0.1, 0.15) is 36.3 Å². The van der Waals surface area contributed by atoms with Crippen LogP contribution in [0.2, 0.25) is 0 Å². The number of carbonyl (C=O) groups excluding carboxylic acids is 2. The van der Waals surface area contributed by atoms with Gasteiger partial charge in [0.25, 0.3) is 5.91 Å². The summed E-state index contributed by atoms with van der Waals surface area (Å²) in [6.07, 6.45) is 1.50. The number of hydrogen-bond donors (Lipinski definition) is 1. The maximum absolute atomic E-state index is 13.6. The molecule has 0 spiro atoms. The van der Waals surface area contributed by atoms with Crippen molar-refractivity contribution >= 4 is 11.9 Å². The number of ether oxygens (including phenoxy) is 1. The first kappa shape index (κ1) is 17.6. The molecule has 0 aliphatic carbocycles. The van der Waals surface area contributed by atoms with Gasteiger partial charge in [-0.1, -0.05) is 23.4 Å². The molecular weight excluding hydrogens is 315 g/mol. The summed E-state index contributed by atoms with van der Waals surface area (Å²) in [7, 11) is 0. The molecule has 0 fully saturated rings. The Balaban J connectivity index is 1.93. The predicted molar refractivity (Wildman–Crippen MR) is 83.7 cm³/mol. The molecule has 8 heteroatoms. The van der Waals surface area contributed by atoms with E-state index in [9.17, 15) is 14.0 Å². The van der Waals surface area contributed by atoms with Gasteiger partial charge in [-0.3, -0.25) is 9.59 Å². The van der Waals surface area contributed by atoms with Crippen molar-refractivity contribution in [3.05, 3.63) is 47.5 Å². The van der Waals surface area contributed by atoms with Gasteiger partial charge in [0.2, 0.25) is 0 Å². The lowest BCUT2D eigenvalue weighted by atomic mass is 10.2. The van der Waals surface area contributed by atoms with Crippen molar-refractivity contribution in [2.45, 2.75) is 32.9 Å². The minimum atomic E-state index is -0.452. The topological polar surface area (TPSA) is 86.1 Å². The van der Waals surface area contributed by atoms with Crippen LogP contribution in [0.15, 0.2) is 30.5 Å². The Kier molecular flexibility index (Phi) is 6.00. The summed E-state index contributed by atoms with van der Waals surface area (Å²) in [6.45, 7) is 3.88. The van der Waals surface area contributed by atoms with Crippen LogP contribution in [0.3, 0.4) is 0 Å². The van der Waals surface area contributed by atoms with E-state index in [1.54, 1.807) is 32.0 Å². The smallest absolute Gasteiger partial charge is 0.307 e. The van der Waals surface area contributed by atoms with Gasteiger partial charge in [-0.15, -0.1) is 5.10 Å². The van der Waals surface area contributed by atoms with Crippen LogP contribution in [-0.4, -0.2) is 39.5 Å². The van der Waals surface area contributed by atoms with Gasteiger partial charge in [-0.2, -0.15) is 0 Å². The lowest BCUT2D eigenvalue weighted by Crippen LogP contribution is -2.34. The van der Waals surface area contributed by atoms with Gasteiger partial charge < -0.3 is 10.1 Å². The zero-order valence-electron chi connectivity index (χ0n) is 13.5. The first-order valence-electron chi connectivity index (χ1n) is 7.59. The maximum atomic E-state index is 13.6. The van der Waals surface area contributed by atoms with E-state index in [1.807, 2.05) is 0 Å². The molecule has 1 atom stereocenters. The molecule has 0 aliphatic heterocycles. The van der Waals surface area contributed by atoms with E-state index >= 15 is 0 Å².